The van der Waals surface area contributed by atoms with Crippen LogP contribution >= 0.6 is 0 Å². The van der Waals surface area contributed by atoms with Crippen LogP contribution in [0.25, 0.3) is 0 Å². The van der Waals surface area contributed by atoms with Gasteiger partial charge in [-0.3, -0.25) is 0 Å². The Balaban J connectivity index is 1.91. The fourth-order valence-electron chi connectivity index (χ4n) is 2.51. The third kappa shape index (κ3) is 3.30. The summed E-state index contributed by atoms with van der Waals surface area (Å²) < 4.78 is 13.5. The quantitative estimate of drug-likeness (QED) is 0.815. The van der Waals surface area contributed by atoms with Gasteiger partial charge in [0.15, 0.2) is 0 Å². The van der Waals surface area contributed by atoms with Crippen LogP contribution in [0.1, 0.15) is 38.4 Å². The lowest BCUT2D eigenvalue weighted by atomic mass is 9.99. The first-order valence-electron chi connectivity index (χ1n) is 6.75. The molecule has 2 nitrogen and oxygen atoms in total. The summed E-state index contributed by atoms with van der Waals surface area (Å²) in [6.45, 7) is 4.79. The maximum absolute atomic E-state index is 13.5. The molecule has 0 bridgehead atoms. The van der Waals surface area contributed by atoms with Crippen molar-refractivity contribution in [3.63, 3.8) is 0 Å². The van der Waals surface area contributed by atoms with E-state index in [1.54, 1.807) is 18.2 Å². The minimum Gasteiger partial charge on any atom is -0.387 e. The molecule has 0 spiro atoms. The van der Waals surface area contributed by atoms with Crippen molar-refractivity contribution in [2.75, 3.05) is 6.54 Å². The second-order valence-electron chi connectivity index (χ2n) is 5.55. The van der Waals surface area contributed by atoms with E-state index in [0.29, 0.717) is 24.1 Å². The standard InChI is InChI=1S/C15H22FNO/c1-10(2)15(11-7-8-11)17-9-14(18)12-5-3-4-6-13(12)16/h3-6,10-11,14-15,17-18H,7-9H2,1-2H3. The average Bonchev–Trinajstić information content (AvgIpc) is 3.13. The van der Waals surface area contributed by atoms with E-state index in [9.17, 15) is 9.50 Å². The molecule has 1 fully saturated rings. The highest BCUT2D eigenvalue weighted by molar-refractivity contribution is 5.20. The largest absolute Gasteiger partial charge is 0.387 e. The van der Waals surface area contributed by atoms with Crippen molar-refractivity contribution in [2.24, 2.45) is 11.8 Å². The molecule has 1 saturated carbocycles. The van der Waals surface area contributed by atoms with Crippen LogP contribution in [0.4, 0.5) is 4.39 Å². The molecule has 1 aliphatic rings. The highest BCUT2D eigenvalue weighted by Gasteiger charge is 2.33. The summed E-state index contributed by atoms with van der Waals surface area (Å²) in [5.74, 6) is 0.947. The van der Waals surface area contributed by atoms with Crippen LogP contribution in [0, 0.1) is 17.7 Å². The van der Waals surface area contributed by atoms with Gasteiger partial charge in [0.1, 0.15) is 5.82 Å². The number of rotatable bonds is 6. The summed E-state index contributed by atoms with van der Waals surface area (Å²) in [7, 11) is 0. The second-order valence-corrected chi connectivity index (χ2v) is 5.55. The molecule has 0 saturated heterocycles. The SMILES string of the molecule is CC(C)C(NCC(O)c1ccccc1F)C1CC1. The molecule has 0 amide bonds. The number of aliphatic hydroxyl groups is 1. The Morgan fingerprint density at radius 2 is 2.00 bits per heavy atom. The molecule has 2 N–H and O–H groups in total. The Bertz CT molecular complexity index is 388. The minimum atomic E-state index is -0.772. The van der Waals surface area contributed by atoms with Crippen molar-refractivity contribution in [1.29, 1.82) is 0 Å². The Hall–Kier alpha value is -0.930. The van der Waals surface area contributed by atoms with Crippen molar-refractivity contribution in [3.05, 3.63) is 35.6 Å². The van der Waals surface area contributed by atoms with Crippen LogP contribution in [0.15, 0.2) is 24.3 Å². The lowest BCUT2D eigenvalue weighted by molar-refractivity contribution is 0.158. The van der Waals surface area contributed by atoms with Gasteiger partial charge in [0.2, 0.25) is 0 Å². The third-order valence-corrected chi connectivity index (χ3v) is 3.66. The molecule has 0 aromatic heterocycles. The van der Waals surface area contributed by atoms with E-state index in [-0.39, 0.29) is 5.82 Å². The number of aliphatic hydroxyl groups excluding tert-OH is 1. The summed E-state index contributed by atoms with van der Waals surface area (Å²) >= 11 is 0. The van der Waals surface area contributed by atoms with Crippen LogP contribution in [0.3, 0.4) is 0 Å². The predicted molar refractivity (Wildman–Crippen MR) is 70.7 cm³/mol. The molecule has 18 heavy (non-hydrogen) atoms. The van der Waals surface area contributed by atoms with Gasteiger partial charge in [0.05, 0.1) is 6.10 Å². The summed E-state index contributed by atoms with van der Waals surface area (Å²) in [6, 6.07) is 6.86. The van der Waals surface area contributed by atoms with E-state index in [1.165, 1.54) is 18.9 Å². The zero-order chi connectivity index (χ0) is 13.1. The number of hydrogen-bond donors (Lipinski definition) is 2. The second kappa shape index (κ2) is 5.81. The molecular weight excluding hydrogens is 229 g/mol. The van der Waals surface area contributed by atoms with Crippen molar-refractivity contribution in [1.82, 2.24) is 5.32 Å². The van der Waals surface area contributed by atoms with Crippen molar-refractivity contribution in [2.45, 2.75) is 38.8 Å². The molecular formula is C15H22FNO. The zero-order valence-corrected chi connectivity index (χ0v) is 11.1. The lowest BCUT2D eigenvalue weighted by Crippen LogP contribution is -2.38. The first kappa shape index (κ1) is 13.5. The maximum Gasteiger partial charge on any atom is 0.129 e. The van der Waals surface area contributed by atoms with Crippen molar-refractivity contribution < 1.29 is 9.50 Å². The Morgan fingerprint density at radius 3 is 2.56 bits per heavy atom. The molecule has 2 unspecified atom stereocenters. The Kier molecular flexibility index (Phi) is 4.36. The molecule has 100 valence electrons. The van der Waals surface area contributed by atoms with E-state index < -0.39 is 6.10 Å². The normalized spacial score (nSPS) is 18.9. The van der Waals surface area contributed by atoms with Gasteiger partial charge in [0.25, 0.3) is 0 Å². The molecule has 2 rings (SSSR count). The van der Waals surface area contributed by atoms with E-state index in [2.05, 4.69) is 19.2 Å². The molecule has 0 radical (unpaired) electrons. The van der Waals surface area contributed by atoms with E-state index in [4.69, 9.17) is 0 Å². The third-order valence-electron chi connectivity index (χ3n) is 3.66. The summed E-state index contributed by atoms with van der Waals surface area (Å²) in [5.41, 5.74) is 0.378. The fourth-order valence-corrected chi connectivity index (χ4v) is 2.51. The first-order chi connectivity index (χ1) is 8.59. The van der Waals surface area contributed by atoms with Gasteiger partial charge < -0.3 is 10.4 Å². The smallest absolute Gasteiger partial charge is 0.129 e. The molecule has 1 aliphatic carbocycles. The predicted octanol–water partition coefficient (Wildman–Crippen LogP) is 2.88. The van der Waals surface area contributed by atoms with Crippen molar-refractivity contribution >= 4 is 0 Å². The van der Waals surface area contributed by atoms with E-state index in [0.717, 1.165) is 5.92 Å². The van der Waals surface area contributed by atoms with Gasteiger partial charge in [-0.1, -0.05) is 32.0 Å². The number of hydrogen-bond acceptors (Lipinski definition) is 2. The number of nitrogens with one attached hydrogen (secondary N) is 1. The summed E-state index contributed by atoms with van der Waals surface area (Å²) in [6.07, 6.45) is 1.77. The zero-order valence-electron chi connectivity index (χ0n) is 11.1. The Labute approximate surface area is 108 Å². The van der Waals surface area contributed by atoms with E-state index in [1.807, 2.05) is 0 Å². The van der Waals surface area contributed by atoms with Crippen LogP contribution in [0.2, 0.25) is 0 Å². The topological polar surface area (TPSA) is 32.3 Å². The molecule has 1 aromatic carbocycles. The molecule has 3 heteroatoms. The molecule has 2 atom stereocenters. The Morgan fingerprint density at radius 1 is 1.33 bits per heavy atom. The van der Waals surface area contributed by atoms with Gasteiger partial charge in [-0.25, -0.2) is 4.39 Å². The maximum atomic E-state index is 13.5. The van der Waals surface area contributed by atoms with Gasteiger partial charge in [-0.05, 0) is 30.7 Å². The van der Waals surface area contributed by atoms with Crippen LogP contribution in [-0.4, -0.2) is 17.7 Å². The van der Waals surface area contributed by atoms with E-state index >= 15 is 0 Å². The van der Waals surface area contributed by atoms with Gasteiger partial charge in [-0.15, -0.1) is 0 Å². The van der Waals surface area contributed by atoms with Crippen LogP contribution in [0.5, 0.6) is 0 Å². The average molecular weight is 251 g/mol. The molecule has 0 aliphatic heterocycles. The lowest BCUT2D eigenvalue weighted by Gasteiger charge is -2.24. The highest BCUT2D eigenvalue weighted by Crippen LogP contribution is 2.35. The number of halogens is 1. The van der Waals surface area contributed by atoms with Crippen LogP contribution < -0.4 is 5.32 Å². The summed E-state index contributed by atoms with van der Waals surface area (Å²) in [4.78, 5) is 0. The van der Waals surface area contributed by atoms with Crippen LogP contribution in [-0.2, 0) is 0 Å². The monoisotopic (exact) mass is 251 g/mol. The minimum absolute atomic E-state index is 0.334. The van der Waals surface area contributed by atoms with Gasteiger partial charge in [-0.2, -0.15) is 0 Å². The summed E-state index contributed by atoms with van der Waals surface area (Å²) in [5, 5.41) is 13.4. The molecule has 1 aromatic rings. The highest BCUT2D eigenvalue weighted by atomic mass is 19.1. The van der Waals surface area contributed by atoms with Gasteiger partial charge >= 0.3 is 0 Å². The van der Waals surface area contributed by atoms with Gasteiger partial charge in [0, 0.05) is 18.2 Å². The molecule has 0 heterocycles. The number of benzene rings is 1. The first-order valence-corrected chi connectivity index (χ1v) is 6.75. The van der Waals surface area contributed by atoms with Crippen molar-refractivity contribution in [3.8, 4) is 0 Å². The fraction of sp³-hybridized carbons (Fsp3) is 0.600.